The molecule has 1 aliphatic heterocycles. The second-order valence-corrected chi connectivity index (χ2v) is 9.05. The van der Waals surface area contributed by atoms with Crippen molar-refractivity contribution < 1.29 is 9.59 Å². The highest BCUT2D eigenvalue weighted by atomic mass is 16.2. The molecule has 5 nitrogen and oxygen atoms in total. The number of benzene rings is 1. The van der Waals surface area contributed by atoms with Crippen LogP contribution in [0.25, 0.3) is 0 Å². The lowest BCUT2D eigenvalue weighted by molar-refractivity contribution is -0.123. The van der Waals surface area contributed by atoms with Gasteiger partial charge in [0.2, 0.25) is 11.8 Å². The number of nitrogens with zero attached hydrogens (tertiary/aromatic N) is 1. The Labute approximate surface area is 169 Å². The molecule has 1 aliphatic carbocycles. The quantitative estimate of drug-likeness (QED) is 0.723. The Morgan fingerprint density at radius 3 is 2.29 bits per heavy atom. The smallest absolute Gasteiger partial charge is 0.223 e. The molecule has 0 spiro atoms. The Bertz CT molecular complexity index is 680. The molecule has 1 saturated carbocycles. The van der Waals surface area contributed by atoms with E-state index < -0.39 is 0 Å². The molecule has 2 amide bonds. The zero-order valence-corrected chi connectivity index (χ0v) is 17.5. The Balaban J connectivity index is 1.44. The minimum absolute atomic E-state index is 0.0147. The molecule has 154 valence electrons. The average Bonchev–Trinajstić information content (AvgIpc) is 3.37. The van der Waals surface area contributed by atoms with Crippen molar-refractivity contribution in [2.75, 3.05) is 19.6 Å². The SMILES string of the molecule is C[C@@H]1C[C@H](C)CN(Cc2ccccc2CNC(=O)CCNC(=O)[C@H]2C[C@@H]2C)C1. The standard InChI is InChI=1S/C23H35N3O2/c1-16-10-17(2)14-26(13-16)15-20-7-5-4-6-19(20)12-25-22(27)8-9-24-23(28)21-11-18(21)3/h4-7,16-18,21H,8-15H2,1-3H3,(H,24,28)(H,25,27)/t16-,17+,18-,21-/m0/s1. The summed E-state index contributed by atoms with van der Waals surface area (Å²) in [5, 5.41) is 5.88. The van der Waals surface area contributed by atoms with Gasteiger partial charge in [0.1, 0.15) is 0 Å². The molecule has 1 aromatic carbocycles. The van der Waals surface area contributed by atoms with Crippen molar-refractivity contribution in [1.29, 1.82) is 0 Å². The van der Waals surface area contributed by atoms with E-state index in [2.05, 4.69) is 54.5 Å². The number of carbonyl (C=O) groups excluding carboxylic acids is 2. The van der Waals surface area contributed by atoms with E-state index in [1.165, 1.54) is 17.5 Å². The van der Waals surface area contributed by atoms with Gasteiger partial charge < -0.3 is 10.6 Å². The lowest BCUT2D eigenvalue weighted by atomic mass is 9.91. The fourth-order valence-corrected chi connectivity index (χ4v) is 4.45. The number of carbonyl (C=O) groups is 2. The van der Waals surface area contributed by atoms with Crippen LogP contribution >= 0.6 is 0 Å². The summed E-state index contributed by atoms with van der Waals surface area (Å²) in [5.74, 6) is 2.22. The van der Waals surface area contributed by atoms with Crippen LogP contribution in [0, 0.1) is 23.7 Å². The maximum atomic E-state index is 12.2. The number of piperidine rings is 1. The molecule has 5 heteroatoms. The van der Waals surface area contributed by atoms with Gasteiger partial charge >= 0.3 is 0 Å². The van der Waals surface area contributed by atoms with E-state index in [1.807, 2.05) is 6.07 Å². The molecule has 0 unspecified atom stereocenters. The van der Waals surface area contributed by atoms with Gasteiger partial charge in [0.15, 0.2) is 0 Å². The Hall–Kier alpha value is -1.88. The van der Waals surface area contributed by atoms with Crippen molar-refractivity contribution in [2.24, 2.45) is 23.7 Å². The van der Waals surface area contributed by atoms with Crippen LogP contribution in [0.15, 0.2) is 24.3 Å². The van der Waals surface area contributed by atoms with E-state index >= 15 is 0 Å². The summed E-state index contributed by atoms with van der Waals surface area (Å²) in [6.45, 7) is 10.9. The van der Waals surface area contributed by atoms with Crippen molar-refractivity contribution in [3.63, 3.8) is 0 Å². The van der Waals surface area contributed by atoms with Crippen LogP contribution in [0.1, 0.15) is 51.2 Å². The maximum Gasteiger partial charge on any atom is 0.223 e. The third-order valence-corrected chi connectivity index (χ3v) is 6.03. The summed E-state index contributed by atoms with van der Waals surface area (Å²) in [4.78, 5) is 26.5. The number of likely N-dealkylation sites (tertiary alicyclic amines) is 1. The Kier molecular flexibility index (Phi) is 7.11. The first-order valence-corrected chi connectivity index (χ1v) is 10.8. The second kappa shape index (κ2) is 9.55. The van der Waals surface area contributed by atoms with Crippen LogP contribution < -0.4 is 10.6 Å². The van der Waals surface area contributed by atoms with E-state index in [-0.39, 0.29) is 17.7 Å². The number of hydrogen-bond donors (Lipinski definition) is 2. The van der Waals surface area contributed by atoms with Gasteiger partial charge in [-0.1, -0.05) is 45.0 Å². The molecule has 28 heavy (non-hydrogen) atoms. The zero-order chi connectivity index (χ0) is 20.1. The van der Waals surface area contributed by atoms with Crippen molar-refractivity contribution in [3.05, 3.63) is 35.4 Å². The molecule has 1 aromatic rings. The van der Waals surface area contributed by atoms with E-state index in [1.54, 1.807) is 0 Å². The Morgan fingerprint density at radius 2 is 1.64 bits per heavy atom. The first-order chi connectivity index (χ1) is 13.4. The summed E-state index contributed by atoms with van der Waals surface area (Å²) in [7, 11) is 0. The van der Waals surface area contributed by atoms with Gasteiger partial charge in [-0.3, -0.25) is 14.5 Å². The van der Waals surface area contributed by atoms with Crippen LogP contribution in [-0.2, 0) is 22.7 Å². The second-order valence-electron chi connectivity index (χ2n) is 9.05. The molecular weight excluding hydrogens is 350 g/mol. The molecule has 2 fully saturated rings. The molecular formula is C23H35N3O2. The molecule has 0 bridgehead atoms. The third-order valence-electron chi connectivity index (χ3n) is 6.03. The highest BCUT2D eigenvalue weighted by molar-refractivity contribution is 5.82. The van der Waals surface area contributed by atoms with Gasteiger partial charge in [-0.15, -0.1) is 0 Å². The van der Waals surface area contributed by atoms with Gasteiger partial charge in [0.05, 0.1) is 0 Å². The van der Waals surface area contributed by atoms with Gasteiger partial charge in [0, 0.05) is 45.1 Å². The zero-order valence-electron chi connectivity index (χ0n) is 17.5. The van der Waals surface area contributed by atoms with Crippen LogP contribution in [0.3, 0.4) is 0 Å². The largest absolute Gasteiger partial charge is 0.355 e. The normalized spacial score (nSPS) is 27.2. The Morgan fingerprint density at radius 1 is 1.00 bits per heavy atom. The van der Waals surface area contributed by atoms with E-state index in [9.17, 15) is 9.59 Å². The maximum absolute atomic E-state index is 12.2. The lowest BCUT2D eigenvalue weighted by Crippen LogP contribution is -2.38. The fraction of sp³-hybridized carbons (Fsp3) is 0.652. The number of hydrogen-bond acceptors (Lipinski definition) is 3. The van der Waals surface area contributed by atoms with Gasteiger partial charge in [-0.05, 0) is 41.7 Å². The molecule has 4 atom stereocenters. The van der Waals surface area contributed by atoms with Crippen LogP contribution in [0.5, 0.6) is 0 Å². The molecule has 2 aliphatic rings. The van der Waals surface area contributed by atoms with E-state index in [0.717, 1.165) is 37.9 Å². The third kappa shape index (κ3) is 6.06. The predicted octanol–water partition coefficient (Wildman–Crippen LogP) is 2.94. The number of nitrogens with one attached hydrogen (secondary N) is 2. The van der Waals surface area contributed by atoms with E-state index in [4.69, 9.17) is 0 Å². The molecule has 3 rings (SSSR count). The fourth-order valence-electron chi connectivity index (χ4n) is 4.45. The molecule has 1 saturated heterocycles. The minimum atomic E-state index is -0.0147. The molecule has 1 heterocycles. The first-order valence-electron chi connectivity index (χ1n) is 10.8. The molecule has 2 N–H and O–H groups in total. The van der Waals surface area contributed by atoms with Crippen LogP contribution in [0.2, 0.25) is 0 Å². The van der Waals surface area contributed by atoms with Gasteiger partial charge in [0.25, 0.3) is 0 Å². The lowest BCUT2D eigenvalue weighted by Gasteiger charge is -2.35. The summed E-state index contributed by atoms with van der Waals surface area (Å²) in [6.07, 6.45) is 2.62. The first kappa shape index (κ1) is 20.8. The summed E-state index contributed by atoms with van der Waals surface area (Å²) < 4.78 is 0. The number of amides is 2. The van der Waals surface area contributed by atoms with Crippen molar-refractivity contribution in [1.82, 2.24) is 15.5 Å². The monoisotopic (exact) mass is 385 g/mol. The molecule has 0 aromatic heterocycles. The van der Waals surface area contributed by atoms with Crippen LogP contribution in [0.4, 0.5) is 0 Å². The van der Waals surface area contributed by atoms with Crippen molar-refractivity contribution in [2.45, 2.75) is 53.1 Å². The predicted molar refractivity (Wildman–Crippen MR) is 111 cm³/mol. The highest BCUT2D eigenvalue weighted by Crippen LogP contribution is 2.37. The summed E-state index contributed by atoms with van der Waals surface area (Å²) in [6, 6.07) is 8.38. The van der Waals surface area contributed by atoms with Gasteiger partial charge in [-0.25, -0.2) is 0 Å². The molecule has 0 radical (unpaired) electrons. The van der Waals surface area contributed by atoms with Crippen molar-refractivity contribution in [3.8, 4) is 0 Å². The minimum Gasteiger partial charge on any atom is -0.355 e. The van der Waals surface area contributed by atoms with E-state index in [0.29, 0.717) is 25.4 Å². The number of rotatable bonds is 8. The van der Waals surface area contributed by atoms with Crippen molar-refractivity contribution >= 4 is 11.8 Å². The average molecular weight is 386 g/mol. The highest BCUT2D eigenvalue weighted by Gasteiger charge is 2.38. The van der Waals surface area contributed by atoms with Gasteiger partial charge in [-0.2, -0.15) is 0 Å². The van der Waals surface area contributed by atoms with Crippen LogP contribution in [-0.4, -0.2) is 36.3 Å². The summed E-state index contributed by atoms with van der Waals surface area (Å²) >= 11 is 0. The topological polar surface area (TPSA) is 61.4 Å². The summed E-state index contributed by atoms with van der Waals surface area (Å²) in [5.41, 5.74) is 2.47.